The molecule has 21 heavy (non-hydrogen) atoms. The standard InChI is InChI=1S/C15H19N3O2S/c19-21(20)14-6-2-1-5-13(14)15(17-21)16-11-7-9-18-8-3-4-12(18)10-11/h1-2,5-6,11-12H,3-4,7-10H2,(H,16,17). The second-order valence-electron chi connectivity index (χ2n) is 6.09. The first-order valence-corrected chi connectivity index (χ1v) is 9.06. The molecule has 3 aliphatic heterocycles. The third-order valence-electron chi connectivity index (χ3n) is 4.77. The number of benzene rings is 1. The van der Waals surface area contributed by atoms with Gasteiger partial charge in [0.05, 0.1) is 10.9 Å². The van der Waals surface area contributed by atoms with Crippen LogP contribution in [0.3, 0.4) is 0 Å². The van der Waals surface area contributed by atoms with Crippen molar-refractivity contribution in [2.75, 3.05) is 13.1 Å². The lowest BCUT2D eigenvalue weighted by Gasteiger charge is -2.33. The number of amidine groups is 1. The van der Waals surface area contributed by atoms with E-state index in [0.29, 0.717) is 22.3 Å². The maximum absolute atomic E-state index is 12.1. The summed E-state index contributed by atoms with van der Waals surface area (Å²) >= 11 is 0. The van der Waals surface area contributed by atoms with Gasteiger partial charge in [-0.3, -0.25) is 9.71 Å². The summed E-state index contributed by atoms with van der Waals surface area (Å²) in [5.41, 5.74) is 0.714. The minimum Gasteiger partial charge on any atom is -0.300 e. The van der Waals surface area contributed by atoms with Gasteiger partial charge in [0, 0.05) is 18.2 Å². The number of rotatable bonds is 1. The van der Waals surface area contributed by atoms with Crippen molar-refractivity contribution in [3.8, 4) is 0 Å². The molecular formula is C15H19N3O2S. The Morgan fingerprint density at radius 3 is 2.95 bits per heavy atom. The Bertz CT molecular complexity index is 699. The highest BCUT2D eigenvalue weighted by atomic mass is 32.2. The molecule has 2 saturated heterocycles. The smallest absolute Gasteiger partial charge is 0.263 e. The van der Waals surface area contributed by atoms with Gasteiger partial charge >= 0.3 is 0 Å². The monoisotopic (exact) mass is 305 g/mol. The summed E-state index contributed by atoms with van der Waals surface area (Å²) in [6.07, 6.45) is 4.60. The topological polar surface area (TPSA) is 61.8 Å². The molecule has 0 bridgehead atoms. The van der Waals surface area contributed by atoms with Gasteiger partial charge in [-0.05, 0) is 44.4 Å². The molecule has 0 radical (unpaired) electrons. The number of piperidine rings is 1. The fraction of sp³-hybridized carbons (Fsp3) is 0.533. The minimum absolute atomic E-state index is 0.230. The first-order valence-electron chi connectivity index (χ1n) is 7.57. The Hall–Kier alpha value is -1.40. The number of nitrogens with zero attached hydrogens (tertiary/aromatic N) is 2. The number of fused-ring (bicyclic) bond motifs is 2. The zero-order valence-electron chi connectivity index (χ0n) is 11.8. The summed E-state index contributed by atoms with van der Waals surface area (Å²) in [6, 6.07) is 7.94. The van der Waals surface area contributed by atoms with Crippen LogP contribution in [-0.2, 0) is 10.0 Å². The summed E-state index contributed by atoms with van der Waals surface area (Å²) in [4.78, 5) is 7.63. The van der Waals surface area contributed by atoms with Gasteiger partial charge in [-0.2, -0.15) is 0 Å². The molecule has 112 valence electrons. The van der Waals surface area contributed by atoms with Gasteiger partial charge in [0.15, 0.2) is 0 Å². The lowest BCUT2D eigenvalue weighted by atomic mass is 9.98. The summed E-state index contributed by atoms with van der Waals surface area (Å²) in [6.45, 7) is 2.30. The molecule has 0 aromatic heterocycles. The summed E-state index contributed by atoms with van der Waals surface area (Å²) < 4.78 is 26.8. The second-order valence-corrected chi connectivity index (χ2v) is 7.74. The van der Waals surface area contributed by atoms with Crippen LogP contribution < -0.4 is 4.72 Å². The van der Waals surface area contributed by atoms with E-state index in [1.807, 2.05) is 12.1 Å². The molecule has 2 fully saturated rings. The molecule has 2 unspecified atom stereocenters. The van der Waals surface area contributed by atoms with Crippen molar-refractivity contribution in [1.82, 2.24) is 9.62 Å². The molecule has 1 aromatic carbocycles. The van der Waals surface area contributed by atoms with E-state index in [9.17, 15) is 8.42 Å². The predicted molar refractivity (Wildman–Crippen MR) is 80.9 cm³/mol. The van der Waals surface area contributed by atoms with Crippen molar-refractivity contribution in [2.45, 2.75) is 42.7 Å². The van der Waals surface area contributed by atoms with E-state index in [1.165, 1.54) is 19.4 Å². The zero-order valence-corrected chi connectivity index (χ0v) is 12.6. The fourth-order valence-electron chi connectivity index (χ4n) is 3.73. The van der Waals surface area contributed by atoms with E-state index in [0.717, 1.165) is 19.4 Å². The van der Waals surface area contributed by atoms with Crippen molar-refractivity contribution >= 4 is 15.9 Å². The summed E-state index contributed by atoms with van der Waals surface area (Å²) in [7, 11) is -3.41. The molecule has 1 N–H and O–H groups in total. The van der Waals surface area contributed by atoms with Crippen LogP contribution in [0.1, 0.15) is 31.2 Å². The molecule has 0 aliphatic carbocycles. The molecule has 3 heterocycles. The predicted octanol–water partition coefficient (Wildman–Crippen LogP) is 1.35. The SMILES string of the molecule is O=S1(=O)NC(=NC2CCN3CCCC3C2)c2ccccc21. The first kappa shape index (κ1) is 13.3. The average Bonchev–Trinajstić information content (AvgIpc) is 3.02. The Morgan fingerprint density at radius 2 is 2.05 bits per heavy atom. The summed E-state index contributed by atoms with van der Waals surface area (Å²) in [5, 5.41) is 0. The van der Waals surface area contributed by atoms with Crippen LogP contribution in [-0.4, -0.2) is 44.3 Å². The molecule has 3 aliphatic rings. The van der Waals surface area contributed by atoms with E-state index in [-0.39, 0.29) is 6.04 Å². The maximum atomic E-state index is 12.1. The van der Waals surface area contributed by atoms with Crippen molar-refractivity contribution in [2.24, 2.45) is 4.99 Å². The third-order valence-corrected chi connectivity index (χ3v) is 6.16. The highest BCUT2D eigenvalue weighted by Gasteiger charge is 2.34. The van der Waals surface area contributed by atoms with E-state index in [1.54, 1.807) is 12.1 Å². The van der Waals surface area contributed by atoms with Gasteiger partial charge in [0.1, 0.15) is 5.84 Å². The van der Waals surface area contributed by atoms with Gasteiger partial charge in [-0.1, -0.05) is 12.1 Å². The Kier molecular flexibility index (Phi) is 3.04. The van der Waals surface area contributed by atoms with Gasteiger partial charge in [-0.15, -0.1) is 0 Å². The van der Waals surface area contributed by atoms with Crippen LogP contribution in [0, 0.1) is 0 Å². The molecule has 1 aromatic rings. The third kappa shape index (κ3) is 2.26. The fourth-order valence-corrected chi connectivity index (χ4v) is 4.97. The van der Waals surface area contributed by atoms with Crippen LogP contribution >= 0.6 is 0 Å². The molecule has 0 saturated carbocycles. The van der Waals surface area contributed by atoms with Crippen LogP contribution in [0.15, 0.2) is 34.2 Å². The van der Waals surface area contributed by atoms with Crippen molar-refractivity contribution in [3.63, 3.8) is 0 Å². The van der Waals surface area contributed by atoms with Crippen LogP contribution in [0.4, 0.5) is 0 Å². The molecule has 0 spiro atoms. The molecule has 5 nitrogen and oxygen atoms in total. The van der Waals surface area contributed by atoms with E-state index >= 15 is 0 Å². The van der Waals surface area contributed by atoms with E-state index < -0.39 is 10.0 Å². The average molecular weight is 305 g/mol. The van der Waals surface area contributed by atoms with Gasteiger partial charge < -0.3 is 4.90 Å². The first-order chi connectivity index (χ1) is 10.1. The van der Waals surface area contributed by atoms with Crippen molar-refractivity contribution in [1.29, 1.82) is 0 Å². The van der Waals surface area contributed by atoms with Crippen LogP contribution in [0.25, 0.3) is 0 Å². The normalized spacial score (nSPS) is 32.7. The Balaban J connectivity index is 1.62. The number of sulfonamides is 1. The van der Waals surface area contributed by atoms with E-state index in [4.69, 9.17) is 4.99 Å². The van der Waals surface area contributed by atoms with Crippen LogP contribution in [0.5, 0.6) is 0 Å². The Labute approximate surface area is 125 Å². The molecular weight excluding hydrogens is 286 g/mol. The molecule has 4 rings (SSSR count). The summed E-state index contributed by atoms with van der Waals surface area (Å²) in [5.74, 6) is 0.530. The quantitative estimate of drug-likeness (QED) is 0.852. The van der Waals surface area contributed by atoms with Gasteiger partial charge in [0.2, 0.25) is 0 Å². The number of hydrogen-bond donors (Lipinski definition) is 1. The highest BCUT2D eigenvalue weighted by Crippen LogP contribution is 2.30. The lowest BCUT2D eigenvalue weighted by Crippen LogP contribution is -2.40. The van der Waals surface area contributed by atoms with Gasteiger partial charge in [-0.25, -0.2) is 8.42 Å². The minimum atomic E-state index is -3.41. The van der Waals surface area contributed by atoms with Crippen molar-refractivity contribution in [3.05, 3.63) is 29.8 Å². The largest absolute Gasteiger partial charge is 0.300 e. The van der Waals surface area contributed by atoms with Crippen molar-refractivity contribution < 1.29 is 8.42 Å². The van der Waals surface area contributed by atoms with Gasteiger partial charge in [0.25, 0.3) is 10.0 Å². The lowest BCUT2D eigenvalue weighted by molar-refractivity contribution is 0.183. The molecule has 2 atom stereocenters. The molecule has 0 amide bonds. The zero-order chi connectivity index (χ0) is 14.4. The Morgan fingerprint density at radius 1 is 1.19 bits per heavy atom. The number of nitrogens with one attached hydrogen (secondary N) is 1. The number of hydrogen-bond acceptors (Lipinski definition) is 4. The molecule has 6 heteroatoms. The highest BCUT2D eigenvalue weighted by molar-refractivity contribution is 7.90. The van der Waals surface area contributed by atoms with E-state index in [2.05, 4.69) is 9.62 Å². The van der Waals surface area contributed by atoms with Crippen LogP contribution in [0.2, 0.25) is 0 Å². The second kappa shape index (κ2) is 4.81. The number of aliphatic imine (C=N–C) groups is 1. The maximum Gasteiger partial charge on any atom is 0.263 e.